The van der Waals surface area contributed by atoms with Crippen molar-refractivity contribution < 1.29 is 9.59 Å². The van der Waals surface area contributed by atoms with Crippen molar-refractivity contribution in [2.45, 2.75) is 64.7 Å². The van der Waals surface area contributed by atoms with E-state index >= 15 is 0 Å². The number of carbonyl (C=O) groups excluding carboxylic acids is 2. The molecule has 0 aromatic rings. The molecule has 0 aromatic carbocycles. The van der Waals surface area contributed by atoms with Crippen LogP contribution in [0.25, 0.3) is 0 Å². The van der Waals surface area contributed by atoms with Crippen LogP contribution in [0.4, 0.5) is 0 Å². The lowest BCUT2D eigenvalue weighted by Crippen LogP contribution is -2.16. The third-order valence-corrected chi connectivity index (χ3v) is 3.28. The third-order valence-electron chi connectivity index (χ3n) is 3.28. The van der Waals surface area contributed by atoms with Crippen LogP contribution in [-0.2, 0) is 9.59 Å². The summed E-state index contributed by atoms with van der Waals surface area (Å²) in [5, 5.41) is 0. The lowest BCUT2D eigenvalue weighted by atomic mass is 9.86. The fourth-order valence-electron chi connectivity index (χ4n) is 2.28. The summed E-state index contributed by atoms with van der Waals surface area (Å²) in [6.07, 6.45) is 9.27. The Morgan fingerprint density at radius 2 is 1.47 bits per heavy atom. The van der Waals surface area contributed by atoms with Crippen LogP contribution in [0.2, 0.25) is 0 Å². The van der Waals surface area contributed by atoms with E-state index in [1.165, 1.54) is 32.1 Å². The molecule has 1 fully saturated rings. The molecule has 1 rings (SSSR count). The number of hydrogen-bond acceptors (Lipinski definition) is 2. The Morgan fingerprint density at radius 1 is 0.933 bits per heavy atom. The number of carbonyl (C=O) groups is 2. The van der Waals surface area contributed by atoms with E-state index in [1.54, 1.807) is 6.92 Å². The fourth-order valence-corrected chi connectivity index (χ4v) is 2.28. The highest BCUT2D eigenvalue weighted by molar-refractivity contribution is 5.86. The first-order valence-corrected chi connectivity index (χ1v) is 6.22. The van der Waals surface area contributed by atoms with Gasteiger partial charge in [0.2, 0.25) is 0 Å². The zero-order valence-corrected chi connectivity index (χ0v) is 9.76. The maximum atomic E-state index is 11.8. The van der Waals surface area contributed by atoms with Crippen molar-refractivity contribution in [1.29, 1.82) is 0 Å². The molecule has 1 aliphatic carbocycles. The van der Waals surface area contributed by atoms with Gasteiger partial charge in [-0.15, -0.1) is 0 Å². The van der Waals surface area contributed by atoms with Gasteiger partial charge in [-0.1, -0.05) is 32.1 Å². The maximum absolute atomic E-state index is 11.8. The average Bonchev–Trinajstić information content (AvgIpc) is 2.13. The molecule has 0 N–H and O–H groups in total. The minimum atomic E-state index is 0.134. The van der Waals surface area contributed by atoms with Crippen LogP contribution in [0.1, 0.15) is 64.7 Å². The lowest BCUT2D eigenvalue weighted by molar-refractivity contribution is -0.126. The summed E-state index contributed by atoms with van der Waals surface area (Å²) in [6.45, 7) is 1.56. The normalized spacial score (nSPS) is 19.3. The summed E-state index contributed by atoms with van der Waals surface area (Å²) in [5.74, 6) is 0.714. The Balaban J connectivity index is 2.31. The van der Waals surface area contributed by atoms with Crippen molar-refractivity contribution in [3.05, 3.63) is 0 Å². The highest BCUT2D eigenvalue weighted by atomic mass is 16.1. The molecule has 15 heavy (non-hydrogen) atoms. The lowest BCUT2D eigenvalue weighted by Gasteiger charge is -2.18. The first-order valence-electron chi connectivity index (χ1n) is 6.22. The number of Topliss-reactive ketones (excluding diaryl/α,β-unsaturated/α-hetero) is 2. The Morgan fingerprint density at radius 3 is 2.00 bits per heavy atom. The van der Waals surface area contributed by atoms with Gasteiger partial charge in [-0.3, -0.25) is 4.79 Å². The van der Waals surface area contributed by atoms with Crippen molar-refractivity contribution in [1.82, 2.24) is 0 Å². The molecule has 0 unspecified atom stereocenters. The highest BCUT2D eigenvalue weighted by Crippen LogP contribution is 2.24. The number of hydrogen-bond donors (Lipinski definition) is 0. The van der Waals surface area contributed by atoms with E-state index in [-0.39, 0.29) is 11.7 Å². The summed E-state index contributed by atoms with van der Waals surface area (Å²) in [5.41, 5.74) is 0. The van der Waals surface area contributed by atoms with Crippen molar-refractivity contribution in [3.63, 3.8) is 0 Å². The molecule has 0 amide bonds. The molecule has 2 heteroatoms. The van der Waals surface area contributed by atoms with Crippen LogP contribution >= 0.6 is 0 Å². The van der Waals surface area contributed by atoms with Crippen LogP contribution in [-0.4, -0.2) is 11.6 Å². The van der Waals surface area contributed by atoms with Gasteiger partial charge in [0, 0.05) is 18.8 Å². The van der Waals surface area contributed by atoms with Gasteiger partial charge in [0.05, 0.1) is 0 Å². The van der Waals surface area contributed by atoms with Crippen molar-refractivity contribution in [2.24, 2.45) is 5.92 Å². The van der Waals surface area contributed by atoms with Crippen LogP contribution in [0, 0.1) is 5.92 Å². The van der Waals surface area contributed by atoms with E-state index in [1.807, 2.05) is 0 Å². The molecular formula is C13H22O2. The van der Waals surface area contributed by atoms with Gasteiger partial charge in [0.15, 0.2) is 0 Å². The predicted octanol–water partition coefficient (Wildman–Crippen LogP) is 3.29. The SMILES string of the molecule is CC(=O)CCC(=O)C1CCCCCCC1. The summed E-state index contributed by atoms with van der Waals surface area (Å²) < 4.78 is 0. The molecule has 0 atom stereocenters. The van der Waals surface area contributed by atoms with E-state index < -0.39 is 0 Å². The molecule has 0 bridgehead atoms. The summed E-state index contributed by atoms with van der Waals surface area (Å²) in [6, 6.07) is 0. The molecular weight excluding hydrogens is 188 g/mol. The van der Waals surface area contributed by atoms with Gasteiger partial charge >= 0.3 is 0 Å². The molecule has 0 heterocycles. The minimum absolute atomic E-state index is 0.134. The van der Waals surface area contributed by atoms with Gasteiger partial charge in [-0.2, -0.15) is 0 Å². The van der Waals surface area contributed by atoms with Crippen LogP contribution in [0.5, 0.6) is 0 Å². The first-order chi connectivity index (χ1) is 7.20. The quantitative estimate of drug-likeness (QED) is 0.713. The summed E-state index contributed by atoms with van der Waals surface area (Å²) in [7, 11) is 0. The third kappa shape index (κ3) is 5.10. The molecule has 1 saturated carbocycles. The zero-order chi connectivity index (χ0) is 11.1. The van der Waals surface area contributed by atoms with Gasteiger partial charge in [0.25, 0.3) is 0 Å². The molecule has 0 aliphatic heterocycles. The van der Waals surface area contributed by atoms with Gasteiger partial charge in [-0.05, 0) is 19.8 Å². The minimum Gasteiger partial charge on any atom is -0.300 e. The van der Waals surface area contributed by atoms with E-state index in [0.29, 0.717) is 18.6 Å². The van der Waals surface area contributed by atoms with E-state index in [9.17, 15) is 9.59 Å². The molecule has 0 aromatic heterocycles. The van der Waals surface area contributed by atoms with Gasteiger partial charge < -0.3 is 4.79 Å². The Hall–Kier alpha value is -0.660. The van der Waals surface area contributed by atoms with Gasteiger partial charge in [-0.25, -0.2) is 0 Å². The molecule has 0 radical (unpaired) electrons. The van der Waals surface area contributed by atoms with Crippen molar-refractivity contribution in [2.75, 3.05) is 0 Å². The smallest absolute Gasteiger partial charge is 0.136 e. The largest absolute Gasteiger partial charge is 0.300 e. The second kappa shape index (κ2) is 6.76. The van der Waals surface area contributed by atoms with E-state index in [2.05, 4.69) is 0 Å². The van der Waals surface area contributed by atoms with Crippen molar-refractivity contribution in [3.8, 4) is 0 Å². The Labute approximate surface area is 92.4 Å². The van der Waals surface area contributed by atoms with Crippen LogP contribution in [0.15, 0.2) is 0 Å². The molecule has 1 aliphatic rings. The average molecular weight is 210 g/mol. The summed E-state index contributed by atoms with van der Waals surface area (Å²) in [4.78, 5) is 22.6. The maximum Gasteiger partial charge on any atom is 0.136 e. The summed E-state index contributed by atoms with van der Waals surface area (Å²) >= 11 is 0. The molecule has 0 saturated heterocycles. The van der Waals surface area contributed by atoms with E-state index in [4.69, 9.17) is 0 Å². The predicted molar refractivity (Wildman–Crippen MR) is 60.7 cm³/mol. The zero-order valence-electron chi connectivity index (χ0n) is 9.76. The second-order valence-electron chi connectivity index (χ2n) is 4.71. The Kier molecular flexibility index (Phi) is 5.59. The molecule has 0 spiro atoms. The second-order valence-corrected chi connectivity index (χ2v) is 4.71. The molecule has 2 nitrogen and oxygen atoms in total. The van der Waals surface area contributed by atoms with Crippen molar-refractivity contribution >= 4 is 11.6 Å². The molecule has 86 valence electrons. The fraction of sp³-hybridized carbons (Fsp3) is 0.846. The van der Waals surface area contributed by atoms with Gasteiger partial charge in [0.1, 0.15) is 11.6 Å². The number of rotatable bonds is 4. The monoisotopic (exact) mass is 210 g/mol. The topological polar surface area (TPSA) is 34.1 Å². The van der Waals surface area contributed by atoms with E-state index in [0.717, 1.165) is 12.8 Å². The van der Waals surface area contributed by atoms with Crippen LogP contribution < -0.4 is 0 Å². The highest BCUT2D eigenvalue weighted by Gasteiger charge is 2.18. The Bertz CT molecular complexity index is 213. The first kappa shape index (κ1) is 12.4. The van der Waals surface area contributed by atoms with Crippen LogP contribution in [0.3, 0.4) is 0 Å². The number of ketones is 2. The standard InChI is InChI=1S/C13H22O2/c1-11(14)9-10-13(15)12-7-5-3-2-4-6-8-12/h12H,2-10H2,1H3.